The molecule has 0 bridgehead atoms. The fourth-order valence-electron chi connectivity index (χ4n) is 9.02. The fourth-order valence-corrected chi connectivity index (χ4v) is 13.3. The predicted molar refractivity (Wildman–Crippen MR) is 258 cm³/mol. The molecule has 0 aliphatic carbocycles. The van der Waals surface area contributed by atoms with Crippen LogP contribution < -0.4 is 0 Å². The lowest BCUT2D eigenvalue weighted by Gasteiger charge is -2.46. The Morgan fingerprint density at radius 1 is 0.373 bits per heavy atom. The Bertz CT molecular complexity index is 1400. The van der Waals surface area contributed by atoms with Gasteiger partial charge < -0.3 is 9.29 Å². The van der Waals surface area contributed by atoms with E-state index in [0.29, 0.717) is 0 Å². The second kappa shape index (κ2) is 28.0. The Kier molecular flexibility index (Phi) is 24.0. The molecule has 0 saturated heterocycles. The zero-order valence-corrected chi connectivity index (χ0v) is 40.5. The van der Waals surface area contributed by atoms with Crippen LogP contribution in [0.25, 0.3) is 0 Å². The lowest BCUT2D eigenvalue weighted by molar-refractivity contribution is 0.150. The summed E-state index contributed by atoms with van der Waals surface area (Å²) in [4.78, 5) is 17.8. The van der Waals surface area contributed by atoms with Crippen LogP contribution in [-0.2, 0) is 62.0 Å². The Hall–Kier alpha value is -2.72. The summed E-state index contributed by atoms with van der Waals surface area (Å²) < 4.78 is 7.28. The van der Waals surface area contributed by atoms with Crippen molar-refractivity contribution in [2.24, 2.45) is 0 Å². The number of unbranched alkanes of at least 4 members (excludes halogenated alkanes) is 9. The lowest BCUT2D eigenvalue weighted by Crippen LogP contribution is -2.22. The smallest absolute Gasteiger partial charge is 0.449 e. The molecule has 0 aromatic heterocycles. The highest BCUT2D eigenvalue weighted by atomic mass is 32.3. The van der Waals surface area contributed by atoms with Gasteiger partial charge in [0, 0.05) is 14.7 Å². The van der Waals surface area contributed by atoms with Gasteiger partial charge in [-0.3, -0.25) is 0 Å². The van der Waals surface area contributed by atoms with Crippen molar-refractivity contribution in [3.8, 4) is 0 Å². The summed E-state index contributed by atoms with van der Waals surface area (Å²) >= 11 is 0. The lowest BCUT2D eigenvalue weighted by atomic mass is 9.95. The molecule has 4 heteroatoms. The molecule has 3 aromatic carbocycles. The van der Waals surface area contributed by atoms with Gasteiger partial charge >= 0.3 is 6.16 Å². The van der Waals surface area contributed by atoms with Crippen molar-refractivity contribution >= 4 is 16.5 Å². The van der Waals surface area contributed by atoms with Gasteiger partial charge in [0.2, 0.25) is 0 Å². The number of aryl methyl sites for hydroxylation is 9. The van der Waals surface area contributed by atoms with Gasteiger partial charge in [0.05, 0.1) is 0 Å². The average molecular weight is 829 g/mol. The van der Waals surface area contributed by atoms with Crippen molar-refractivity contribution in [1.82, 2.24) is 0 Å². The quantitative estimate of drug-likeness (QED) is 0.0703. The number of carboxylic acid groups (broad SMARTS) is 1. The molecule has 0 fully saturated rings. The summed E-state index contributed by atoms with van der Waals surface area (Å²) in [5.74, 6) is 0. The van der Waals surface area contributed by atoms with Crippen LogP contribution in [0.1, 0.15) is 228 Å². The van der Waals surface area contributed by atoms with Crippen LogP contribution in [0, 0.1) is 0 Å². The van der Waals surface area contributed by atoms with Crippen LogP contribution in [0.15, 0.2) is 51.1 Å². The monoisotopic (exact) mass is 829 g/mol. The first-order valence-corrected chi connectivity index (χ1v) is 26.5. The van der Waals surface area contributed by atoms with Gasteiger partial charge in [-0.2, -0.15) is 0 Å². The highest BCUT2D eigenvalue weighted by Gasteiger charge is 2.45. The molecule has 0 amide bonds. The third-order valence-electron chi connectivity index (χ3n) is 12.2. The molecule has 0 aliphatic rings. The summed E-state index contributed by atoms with van der Waals surface area (Å²) in [6.07, 6.45) is 27.6. The van der Waals surface area contributed by atoms with Gasteiger partial charge in [0.15, 0.2) is 0 Å². The zero-order valence-electron chi connectivity index (χ0n) is 39.7. The van der Waals surface area contributed by atoms with Crippen molar-refractivity contribution in [3.63, 3.8) is 0 Å². The second-order valence-electron chi connectivity index (χ2n) is 17.6. The van der Waals surface area contributed by atoms with Crippen molar-refractivity contribution in [2.45, 2.75) is 250 Å². The summed E-state index contributed by atoms with van der Waals surface area (Å²) in [6, 6.07) is 15.1. The first-order chi connectivity index (χ1) is 28.7. The number of rotatable bonds is 31. The van der Waals surface area contributed by atoms with E-state index in [0.717, 1.165) is 173 Å². The van der Waals surface area contributed by atoms with Crippen molar-refractivity contribution in [1.29, 1.82) is 0 Å². The van der Waals surface area contributed by atoms with Gasteiger partial charge in [-0.1, -0.05) is 156 Å². The standard InChI is InChI=1S/C55H88O3S/c1-10-19-28-43-37-46(31-22-13-4)52(47(38-43)32-23-14-5)59(58-55(56)57,53-48(33-24-15-6)39-44(29-20-11-2)40-49(53)34-25-16-7)54-50(35-26-17-8)41-45(30-21-12-3)42-51(54)36-27-18-9/h37-42H,10-36H2,1-9H3,(H,56,57). The van der Waals surface area contributed by atoms with Gasteiger partial charge in [0.1, 0.15) is 0 Å². The molecule has 0 spiro atoms. The average Bonchev–Trinajstić information content (AvgIpc) is 3.23. The van der Waals surface area contributed by atoms with E-state index < -0.39 is 16.5 Å². The third kappa shape index (κ3) is 14.4. The maximum Gasteiger partial charge on any atom is 0.517 e. The Morgan fingerprint density at radius 3 is 0.729 bits per heavy atom. The van der Waals surface area contributed by atoms with Crippen LogP contribution in [0.5, 0.6) is 0 Å². The fraction of sp³-hybridized carbons (Fsp3) is 0.655. The highest BCUT2D eigenvalue weighted by molar-refractivity contribution is 8.30. The van der Waals surface area contributed by atoms with Crippen LogP contribution in [0.4, 0.5) is 4.79 Å². The van der Waals surface area contributed by atoms with Gasteiger partial charge in [-0.05, 0) is 176 Å². The van der Waals surface area contributed by atoms with Crippen molar-refractivity contribution in [3.05, 3.63) is 86.5 Å². The van der Waals surface area contributed by atoms with E-state index in [1.165, 1.54) is 64.8 Å². The summed E-state index contributed by atoms with van der Waals surface area (Å²) in [5, 5.41) is 11.5. The Balaban J connectivity index is 2.91. The van der Waals surface area contributed by atoms with Gasteiger partial charge in [-0.15, -0.1) is 0 Å². The minimum absolute atomic E-state index is 0.939. The van der Waals surface area contributed by atoms with E-state index in [1.54, 1.807) is 0 Å². The van der Waals surface area contributed by atoms with E-state index in [1.807, 2.05) is 0 Å². The molecule has 3 nitrogen and oxygen atoms in total. The van der Waals surface area contributed by atoms with E-state index >= 15 is 0 Å². The maximum absolute atomic E-state index is 14.1. The molecule has 332 valence electrons. The highest BCUT2D eigenvalue weighted by Crippen LogP contribution is 2.74. The zero-order chi connectivity index (χ0) is 43.0. The van der Waals surface area contributed by atoms with E-state index in [9.17, 15) is 9.90 Å². The molecule has 0 aliphatic heterocycles. The molecule has 0 unspecified atom stereocenters. The second-order valence-corrected chi connectivity index (χ2v) is 20.1. The number of carbonyl (C=O) groups is 1. The molecule has 59 heavy (non-hydrogen) atoms. The van der Waals surface area contributed by atoms with Crippen LogP contribution >= 0.6 is 10.3 Å². The van der Waals surface area contributed by atoms with E-state index in [2.05, 4.69) is 98.7 Å². The predicted octanol–water partition coefficient (Wildman–Crippen LogP) is 17.7. The number of benzene rings is 3. The summed E-state index contributed by atoms with van der Waals surface area (Å²) in [6.45, 7) is 20.7. The van der Waals surface area contributed by atoms with Crippen LogP contribution in [0.3, 0.4) is 0 Å². The molecule has 1 N–H and O–H groups in total. The topological polar surface area (TPSA) is 46.5 Å². The molecule has 3 rings (SSSR count). The van der Waals surface area contributed by atoms with Gasteiger partial charge in [-0.25, -0.2) is 4.79 Å². The molecule has 0 saturated carbocycles. The Morgan fingerprint density at radius 2 is 0.559 bits per heavy atom. The first kappa shape index (κ1) is 50.6. The third-order valence-corrected chi connectivity index (χ3v) is 15.9. The van der Waals surface area contributed by atoms with E-state index in [-0.39, 0.29) is 0 Å². The number of hydrogen-bond donors (Lipinski definition) is 1. The normalized spacial score (nSPS) is 12.0. The van der Waals surface area contributed by atoms with Crippen molar-refractivity contribution < 1.29 is 14.1 Å². The molecular formula is C55H88O3S. The van der Waals surface area contributed by atoms with E-state index in [4.69, 9.17) is 4.18 Å². The maximum atomic E-state index is 14.1. The molecule has 0 atom stereocenters. The molecule has 0 radical (unpaired) electrons. The van der Waals surface area contributed by atoms with Crippen LogP contribution in [0.2, 0.25) is 0 Å². The first-order valence-electron chi connectivity index (χ1n) is 24.9. The number of hydrogen-bond acceptors (Lipinski definition) is 2. The van der Waals surface area contributed by atoms with Crippen molar-refractivity contribution in [2.75, 3.05) is 0 Å². The minimum atomic E-state index is -2.81. The molecule has 3 aromatic rings. The van der Waals surface area contributed by atoms with Crippen LogP contribution in [-0.4, -0.2) is 11.3 Å². The Labute approximate surface area is 365 Å². The molecule has 0 heterocycles. The molecular weight excluding hydrogens is 741 g/mol. The van der Waals surface area contributed by atoms with Gasteiger partial charge in [0.25, 0.3) is 0 Å². The summed E-state index contributed by atoms with van der Waals surface area (Å²) in [7, 11) is -2.81. The summed E-state index contributed by atoms with van der Waals surface area (Å²) in [5.41, 5.74) is 12.3. The SMILES string of the molecule is CCCCc1cc(CCCC)c(S(OC(=O)O)(c2c(CCCC)cc(CCCC)cc2CCCC)c2c(CCCC)cc(CCCC)cc2CCCC)c(CCCC)c1. The largest absolute Gasteiger partial charge is 0.517 e. The minimum Gasteiger partial charge on any atom is -0.449 e.